The first-order valence-corrected chi connectivity index (χ1v) is 13.3. The Bertz CT molecular complexity index is 1230. The molecular weight excluding hydrogens is 473 g/mol. The summed E-state index contributed by atoms with van der Waals surface area (Å²) in [7, 11) is 3.84. The fourth-order valence-electron chi connectivity index (χ4n) is 6.33. The van der Waals surface area contributed by atoms with Gasteiger partial charge in [0.25, 0.3) is 0 Å². The number of benzene rings is 1. The molecule has 4 heterocycles. The van der Waals surface area contributed by atoms with Gasteiger partial charge in [-0.1, -0.05) is 12.8 Å². The van der Waals surface area contributed by atoms with Crippen LogP contribution in [0.5, 0.6) is 0 Å². The number of nitrogens with zero attached hydrogens (tertiary/aromatic N) is 6. The quantitative estimate of drug-likeness (QED) is 0.637. The standard InChI is InChI=1S/C27H34FN7O2/c1-32-11-13-34(14-12-32)22-8-7-19(15-21(22)28)30-26-29-17-18-16-27(9-10-33(2)24(27)36)25(37)35(23(18)31-26)20-5-3-4-6-20/h7-8,15,17,20H,3-6,9-14,16H2,1-2H3,(H,29,30,31). The summed E-state index contributed by atoms with van der Waals surface area (Å²) >= 11 is 0. The molecule has 10 heteroatoms. The van der Waals surface area contributed by atoms with E-state index in [1.165, 1.54) is 6.07 Å². The summed E-state index contributed by atoms with van der Waals surface area (Å²) in [5.41, 5.74) is 0.913. The maximum absolute atomic E-state index is 15.0. The van der Waals surface area contributed by atoms with Gasteiger partial charge in [0.15, 0.2) is 0 Å². The number of piperazine rings is 1. The Morgan fingerprint density at radius 3 is 2.46 bits per heavy atom. The predicted octanol–water partition coefficient (Wildman–Crippen LogP) is 2.79. The zero-order valence-corrected chi connectivity index (χ0v) is 21.5. The van der Waals surface area contributed by atoms with E-state index in [2.05, 4.69) is 27.1 Å². The number of anilines is 4. The molecule has 1 atom stereocenters. The van der Waals surface area contributed by atoms with Crippen molar-refractivity contribution in [3.63, 3.8) is 0 Å². The van der Waals surface area contributed by atoms with Crippen molar-refractivity contribution in [2.45, 2.75) is 44.6 Å². The third kappa shape index (κ3) is 4.11. The number of likely N-dealkylation sites (tertiary alicyclic amines) is 1. The molecule has 1 saturated carbocycles. The van der Waals surface area contributed by atoms with Crippen molar-refractivity contribution in [3.8, 4) is 0 Å². The molecule has 1 aromatic carbocycles. The van der Waals surface area contributed by atoms with Crippen LogP contribution in [0, 0.1) is 11.2 Å². The fraction of sp³-hybridized carbons (Fsp3) is 0.556. The Kier molecular flexibility index (Phi) is 6.01. The fourth-order valence-corrected chi connectivity index (χ4v) is 6.33. The van der Waals surface area contributed by atoms with Gasteiger partial charge < -0.3 is 20.0 Å². The van der Waals surface area contributed by atoms with Crippen molar-refractivity contribution < 1.29 is 14.0 Å². The first kappa shape index (κ1) is 24.1. The molecule has 2 saturated heterocycles. The summed E-state index contributed by atoms with van der Waals surface area (Å²) in [4.78, 5) is 44.1. The molecule has 6 rings (SSSR count). The minimum Gasteiger partial charge on any atom is -0.367 e. The van der Waals surface area contributed by atoms with Crippen molar-refractivity contribution in [3.05, 3.63) is 35.8 Å². The molecule has 1 aromatic heterocycles. The maximum Gasteiger partial charge on any atom is 0.244 e. The minimum atomic E-state index is -1.05. The number of fused-ring (bicyclic) bond motifs is 1. The number of nitrogens with one attached hydrogen (secondary N) is 1. The lowest BCUT2D eigenvalue weighted by atomic mass is 9.76. The van der Waals surface area contributed by atoms with E-state index in [9.17, 15) is 9.59 Å². The number of rotatable bonds is 4. The molecule has 0 radical (unpaired) electrons. The molecule has 37 heavy (non-hydrogen) atoms. The molecule has 196 valence electrons. The van der Waals surface area contributed by atoms with Crippen LogP contribution in [0.2, 0.25) is 0 Å². The van der Waals surface area contributed by atoms with Crippen LogP contribution in [0.3, 0.4) is 0 Å². The van der Waals surface area contributed by atoms with Gasteiger partial charge in [-0.3, -0.25) is 14.5 Å². The molecule has 1 aliphatic carbocycles. The lowest BCUT2D eigenvalue weighted by molar-refractivity contribution is -0.144. The number of halogens is 1. The zero-order chi connectivity index (χ0) is 25.7. The van der Waals surface area contributed by atoms with E-state index in [1.54, 1.807) is 29.1 Å². The molecule has 2 amide bonds. The SMILES string of the molecule is CN1CCN(c2ccc(Nc3ncc4c(n3)N(C3CCCC3)C(=O)C3(CCN(C)C3=O)C4)cc2F)CC1. The van der Waals surface area contributed by atoms with Gasteiger partial charge in [-0.2, -0.15) is 4.98 Å². The normalized spacial score (nSPS) is 24.9. The maximum atomic E-state index is 15.0. The number of amides is 2. The van der Waals surface area contributed by atoms with Crippen molar-refractivity contribution in [1.82, 2.24) is 19.8 Å². The zero-order valence-electron chi connectivity index (χ0n) is 21.5. The van der Waals surface area contributed by atoms with E-state index in [4.69, 9.17) is 4.98 Å². The van der Waals surface area contributed by atoms with Gasteiger partial charge in [-0.15, -0.1) is 0 Å². The highest BCUT2D eigenvalue weighted by atomic mass is 19.1. The Hall–Kier alpha value is -3.27. The van der Waals surface area contributed by atoms with Gasteiger partial charge >= 0.3 is 0 Å². The van der Waals surface area contributed by atoms with Gasteiger partial charge in [0, 0.05) is 69.7 Å². The Morgan fingerprint density at radius 2 is 1.78 bits per heavy atom. The molecule has 0 bridgehead atoms. The highest BCUT2D eigenvalue weighted by molar-refractivity contribution is 6.14. The number of hydrogen-bond acceptors (Lipinski definition) is 7. The number of carbonyl (C=O) groups excluding carboxylic acids is 2. The molecule has 1 spiro atoms. The van der Waals surface area contributed by atoms with Crippen molar-refractivity contribution >= 4 is 35.0 Å². The summed E-state index contributed by atoms with van der Waals surface area (Å²) in [5.74, 6) is 0.364. The minimum absolute atomic E-state index is 0.0326. The topological polar surface area (TPSA) is 84.9 Å². The lowest BCUT2D eigenvalue weighted by Crippen LogP contribution is -2.56. The molecule has 1 unspecified atom stereocenters. The van der Waals surface area contributed by atoms with Crippen LogP contribution in [-0.4, -0.2) is 84.4 Å². The van der Waals surface area contributed by atoms with Gasteiger partial charge in [-0.05, 0) is 44.5 Å². The molecule has 2 aromatic rings. The van der Waals surface area contributed by atoms with E-state index in [1.807, 2.05) is 6.07 Å². The van der Waals surface area contributed by atoms with Crippen LogP contribution in [0.4, 0.5) is 27.5 Å². The van der Waals surface area contributed by atoms with Crippen molar-refractivity contribution in [2.24, 2.45) is 5.41 Å². The van der Waals surface area contributed by atoms with Crippen molar-refractivity contribution in [2.75, 3.05) is 61.9 Å². The Morgan fingerprint density at radius 1 is 1.03 bits per heavy atom. The molecule has 3 aliphatic heterocycles. The summed E-state index contributed by atoms with van der Waals surface area (Å²) in [6.45, 7) is 3.97. The van der Waals surface area contributed by atoms with Crippen LogP contribution in [0.15, 0.2) is 24.4 Å². The van der Waals surface area contributed by atoms with Gasteiger partial charge in [0.05, 0.1) is 5.69 Å². The summed E-state index contributed by atoms with van der Waals surface area (Å²) < 4.78 is 15.0. The summed E-state index contributed by atoms with van der Waals surface area (Å²) in [6.07, 6.45) is 6.47. The first-order chi connectivity index (χ1) is 17.9. The second-order valence-electron chi connectivity index (χ2n) is 11.0. The Balaban J connectivity index is 1.28. The second kappa shape index (κ2) is 9.24. The van der Waals surface area contributed by atoms with Crippen LogP contribution in [0.1, 0.15) is 37.7 Å². The molecule has 1 N–H and O–H groups in total. The van der Waals surface area contributed by atoms with Crippen LogP contribution in [0.25, 0.3) is 0 Å². The smallest absolute Gasteiger partial charge is 0.244 e. The Labute approximate surface area is 216 Å². The lowest BCUT2D eigenvalue weighted by Gasteiger charge is -2.41. The third-order valence-corrected chi connectivity index (χ3v) is 8.56. The van der Waals surface area contributed by atoms with Gasteiger partial charge in [0.1, 0.15) is 17.1 Å². The van der Waals surface area contributed by atoms with E-state index in [0.717, 1.165) is 57.4 Å². The summed E-state index contributed by atoms with van der Waals surface area (Å²) in [5, 5.41) is 3.13. The van der Waals surface area contributed by atoms with E-state index in [0.29, 0.717) is 42.5 Å². The molecule has 3 fully saturated rings. The van der Waals surface area contributed by atoms with E-state index < -0.39 is 5.41 Å². The van der Waals surface area contributed by atoms with Gasteiger partial charge in [0.2, 0.25) is 17.8 Å². The highest BCUT2D eigenvalue weighted by Gasteiger charge is 2.57. The van der Waals surface area contributed by atoms with Crippen LogP contribution in [-0.2, 0) is 16.0 Å². The number of carbonyl (C=O) groups is 2. The average Bonchev–Trinajstić information content (AvgIpc) is 3.51. The predicted molar refractivity (Wildman–Crippen MR) is 140 cm³/mol. The van der Waals surface area contributed by atoms with Crippen LogP contribution >= 0.6 is 0 Å². The number of aromatic nitrogens is 2. The monoisotopic (exact) mass is 507 g/mol. The average molecular weight is 508 g/mol. The van der Waals surface area contributed by atoms with Gasteiger partial charge in [-0.25, -0.2) is 9.37 Å². The highest BCUT2D eigenvalue weighted by Crippen LogP contribution is 2.46. The van der Waals surface area contributed by atoms with Crippen LogP contribution < -0.4 is 15.1 Å². The third-order valence-electron chi connectivity index (χ3n) is 8.56. The van der Waals surface area contributed by atoms with E-state index in [-0.39, 0.29) is 23.7 Å². The second-order valence-corrected chi connectivity index (χ2v) is 11.0. The van der Waals surface area contributed by atoms with Crippen molar-refractivity contribution in [1.29, 1.82) is 0 Å². The number of hydrogen-bond donors (Lipinski definition) is 1. The molecule has 4 aliphatic rings. The summed E-state index contributed by atoms with van der Waals surface area (Å²) in [6, 6.07) is 5.13. The largest absolute Gasteiger partial charge is 0.367 e. The number of likely N-dealkylation sites (N-methyl/N-ethyl adjacent to an activating group) is 1. The molecular formula is C27H34FN7O2. The molecule has 9 nitrogen and oxygen atoms in total. The first-order valence-electron chi connectivity index (χ1n) is 13.3. The van der Waals surface area contributed by atoms with E-state index >= 15 is 4.39 Å².